The molecule has 3 aliphatic rings. The van der Waals surface area contributed by atoms with Gasteiger partial charge in [0.05, 0.1) is 0 Å². The van der Waals surface area contributed by atoms with Crippen molar-refractivity contribution in [2.45, 2.75) is 95.9 Å². The van der Waals surface area contributed by atoms with Crippen molar-refractivity contribution in [3.63, 3.8) is 0 Å². The first-order valence-electron chi connectivity index (χ1n) is 11.2. The van der Waals surface area contributed by atoms with Crippen molar-refractivity contribution in [1.29, 1.82) is 0 Å². The molecule has 30 heavy (non-hydrogen) atoms. The van der Waals surface area contributed by atoms with E-state index in [-0.39, 0.29) is 41.4 Å². The molecule has 0 saturated carbocycles. The van der Waals surface area contributed by atoms with Gasteiger partial charge in [0, 0.05) is 36.5 Å². The van der Waals surface area contributed by atoms with Crippen molar-refractivity contribution < 1.29 is 18.0 Å². The summed E-state index contributed by atoms with van der Waals surface area (Å²) in [5, 5.41) is 0. The molecule has 4 rings (SSSR count). The fraction of sp³-hybridized carbons (Fsp3) is 0.708. The molecule has 6 heteroatoms. The summed E-state index contributed by atoms with van der Waals surface area (Å²) in [6.45, 7) is 9.45. The number of hydrogen-bond acceptors (Lipinski definition) is 1. The van der Waals surface area contributed by atoms with Gasteiger partial charge in [-0.15, -0.1) is 0 Å². The van der Waals surface area contributed by atoms with Gasteiger partial charge >= 0.3 is 12.2 Å². The third-order valence-corrected chi connectivity index (χ3v) is 8.52. The minimum atomic E-state index is -4.18. The second kappa shape index (κ2) is 7.16. The van der Waals surface area contributed by atoms with E-state index in [0.717, 1.165) is 19.3 Å². The Morgan fingerprint density at radius 1 is 1.17 bits per heavy atom. The Bertz CT molecular complexity index is 821. The molecule has 3 nitrogen and oxygen atoms in total. The molecule has 2 heterocycles. The highest BCUT2D eigenvalue weighted by Crippen LogP contribution is 2.56. The molecule has 2 bridgehead atoms. The van der Waals surface area contributed by atoms with Crippen molar-refractivity contribution >= 4 is 6.03 Å². The first-order chi connectivity index (χ1) is 14.0. The minimum Gasteiger partial charge on any atom is -0.321 e. The normalized spacial score (nSPS) is 32.8. The number of fused-ring (bicyclic) bond motifs is 4. The molecule has 0 radical (unpaired) electrons. The maximum absolute atomic E-state index is 13.7. The summed E-state index contributed by atoms with van der Waals surface area (Å²) in [6.07, 6.45) is -1.89. The van der Waals surface area contributed by atoms with Crippen LogP contribution in [-0.2, 0) is 11.8 Å². The zero-order valence-electron chi connectivity index (χ0n) is 18.4. The standard InChI is InChI=1S/C24H33F3N2O/c1-16-9-10-18(11-12-24(25,26)27)29(16)21(30)28-14-13-23(4)19-8-6-5-7-17(19)15-20(28)22(23,2)3/h5-8,16,18,20H,9-15H2,1-4H3/t16-,18-,20-,23+/m1/s1. The number of alkyl halides is 3. The summed E-state index contributed by atoms with van der Waals surface area (Å²) >= 11 is 0. The third-order valence-electron chi connectivity index (χ3n) is 8.52. The molecule has 0 spiro atoms. The topological polar surface area (TPSA) is 23.6 Å². The van der Waals surface area contributed by atoms with Crippen LogP contribution in [0.15, 0.2) is 24.3 Å². The van der Waals surface area contributed by atoms with Gasteiger partial charge in [-0.05, 0) is 55.6 Å². The molecule has 2 fully saturated rings. The Hall–Kier alpha value is -1.72. The molecular weight excluding hydrogens is 389 g/mol. The van der Waals surface area contributed by atoms with Crippen LogP contribution < -0.4 is 0 Å². The van der Waals surface area contributed by atoms with E-state index in [1.54, 1.807) is 4.90 Å². The van der Waals surface area contributed by atoms with Crippen LogP contribution in [-0.4, -0.2) is 46.7 Å². The van der Waals surface area contributed by atoms with Gasteiger partial charge in [0.25, 0.3) is 0 Å². The molecule has 1 aromatic carbocycles. The van der Waals surface area contributed by atoms with Crippen LogP contribution >= 0.6 is 0 Å². The first-order valence-corrected chi connectivity index (χ1v) is 11.2. The number of hydrogen-bond donors (Lipinski definition) is 0. The summed E-state index contributed by atoms with van der Waals surface area (Å²) in [7, 11) is 0. The number of amides is 2. The average Bonchev–Trinajstić information content (AvgIpc) is 3.02. The molecule has 0 aromatic heterocycles. The monoisotopic (exact) mass is 422 g/mol. The van der Waals surface area contributed by atoms with Crippen LogP contribution in [0.1, 0.15) is 70.9 Å². The van der Waals surface area contributed by atoms with Gasteiger partial charge in [-0.25, -0.2) is 4.79 Å². The number of carbonyl (C=O) groups is 1. The van der Waals surface area contributed by atoms with Gasteiger partial charge in [0.1, 0.15) is 0 Å². The van der Waals surface area contributed by atoms with E-state index in [0.29, 0.717) is 13.0 Å². The second-order valence-electron chi connectivity index (χ2n) is 10.3. The lowest BCUT2D eigenvalue weighted by atomic mass is 9.51. The summed E-state index contributed by atoms with van der Waals surface area (Å²) in [4.78, 5) is 17.5. The van der Waals surface area contributed by atoms with Gasteiger partial charge in [0.2, 0.25) is 0 Å². The molecule has 4 atom stereocenters. The Morgan fingerprint density at radius 2 is 1.87 bits per heavy atom. The molecule has 0 unspecified atom stereocenters. The summed E-state index contributed by atoms with van der Waals surface area (Å²) in [5.41, 5.74) is 2.55. The third kappa shape index (κ3) is 3.31. The van der Waals surface area contributed by atoms with Crippen molar-refractivity contribution in [2.24, 2.45) is 5.41 Å². The van der Waals surface area contributed by atoms with E-state index in [4.69, 9.17) is 0 Å². The highest BCUT2D eigenvalue weighted by molar-refractivity contribution is 5.76. The van der Waals surface area contributed by atoms with Gasteiger partial charge in [0.15, 0.2) is 0 Å². The van der Waals surface area contributed by atoms with E-state index in [1.165, 1.54) is 11.1 Å². The largest absolute Gasteiger partial charge is 0.389 e. The molecule has 2 aliphatic heterocycles. The molecule has 166 valence electrons. The fourth-order valence-corrected chi connectivity index (χ4v) is 6.28. The van der Waals surface area contributed by atoms with Gasteiger partial charge < -0.3 is 9.80 Å². The van der Waals surface area contributed by atoms with E-state index >= 15 is 0 Å². The van der Waals surface area contributed by atoms with Crippen molar-refractivity contribution in [2.75, 3.05) is 6.54 Å². The number of urea groups is 1. The fourth-order valence-electron chi connectivity index (χ4n) is 6.28. The molecule has 2 saturated heterocycles. The zero-order chi connectivity index (χ0) is 21.9. The van der Waals surface area contributed by atoms with Crippen LogP contribution in [0.3, 0.4) is 0 Å². The van der Waals surface area contributed by atoms with Crippen molar-refractivity contribution in [3.8, 4) is 0 Å². The molecule has 1 aliphatic carbocycles. The van der Waals surface area contributed by atoms with Crippen LogP contribution in [0, 0.1) is 5.41 Å². The SMILES string of the molecule is C[C@@H]1CC[C@H](CCC(F)(F)F)N1C(=O)N1CC[C@@]2(C)c3ccccc3C[C@@H]1C2(C)C. The van der Waals surface area contributed by atoms with E-state index < -0.39 is 12.6 Å². The highest BCUT2D eigenvalue weighted by atomic mass is 19.4. The molecule has 1 aromatic rings. The summed E-state index contributed by atoms with van der Waals surface area (Å²) in [5.74, 6) is 0. The minimum absolute atomic E-state index is 0.00201. The maximum atomic E-state index is 13.7. The van der Waals surface area contributed by atoms with Crippen LogP contribution in [0.5, 0.6) is 0 Å². The predicted molar refractivity (Wildman–Crippen MR) is 111 cm³/mol. The van der Waals surface area contributed by atoms with Crippen LogP contribution in [0.25, 0.3) is 0 Å². The first kappa shape index (κ1) is 21.5. The maximum Gasteiger partial charge on any atom is 0.389 e. The highest BCUT2D eigenvalue weighted by Gasteiger charge is 2.57. The van der Waals surface area contributed by atoms with E-state index in [9.17, 15) is 18.0 Å². The number of halogens is 3. The number of piperidine rings is 1. The number of rotatable bonds is 2. The van der Waals surface area contributed by atoms with Crippen molar-refractivity contribution in [1.82, 2.24) is 9.80 Å². The Kier molecular flexibility index (Phi) is 5.14. The van der Waals surface area contributed by atoms with E-state index in [2.05, 4.69) is 45.0 Å². The number of carbonyl (C=O) groups excluding carboxylic acids is 1. The van der Waals surface area contributed by atoms with Gasteiger partial charge in [-0.2, -0.15) is 13.2 Å². The quantitative estimate of drug-likeness (QED) is 0.581. The lowest BCUT2D eigenvalue weighted by Crippen LogP contribution is -2.67. The number of likely N-dealkylation sites (tertiary alicyclic amines) is 2. The number of nitrogens with zero attached hydrogens (tertiary/aromatic N) is 2. The Balaban J connectivity index is 1.61. The van der Waals surface area contributed by atoms with Gasteiger partial charge in [-0.3, -0.25) is 0 Å². The van der Waals surface area contributed by atoms with Gasteiger partial charge in [-0.1, -0.05) is 45.0 Å². The number of benzene rings is 1. The molecular formula is C24H33F3N2O. The predicted octanol–water partition coefficient (Wildman–Crippen LogP) is 5.92. The van der Waals surface area contributed by atoms with Crippen LogP contribution in [0.4, 0.5) is 18.0 Å². The Labute approximate surface area is 177 Å². The lowest BCUT2D eigenvalue weighted by molar-refractivity contribution is -0.137. The average molecular weight is 423 g/mol. The summed E-state index contributed by atoms with van der Waals surface area (Å²) in [6, 6.07) is 8.19. The summed E-state index contributed by atoms with van der Waals surface area (Å²) < 4.78 is 38.5. The lowest BCUT2D eigenvalue weighted by Gasteiger charge is -2.61. The Morgan fingerprint density at radius 3 is 2.57 bits per heavy atom. The smallest absolute Gasteiger partial charge is 0.321 e. The van der Waals surface area contributed by atoms with E-state index in [1.807, 2.05) is 11.8 Å². The molecule has 2 amide bonds. The zero-order valence-corrected chi connectivity index (χ0v) is 18.4. The second-order valence-corrected chi connectivity index (χ2v) is 10.3. The van der Waals surface area contributed by atoms with Crippen LogP contribution in [0.2, 0.25) is 0 Å². The molecule has 0 N–H and O–H groups in total. The van der Waals surface area contributed by atoms with Crippen molar-refractivity contribution in [3.05, 3.63) is 35.4 Å².